The number of hydrogen-bond donors (Lipinski definition) is 2. The van der Waals surface area contributed by atoms with Crippen LogP contribution in [0.3, 0.4) is 0 Å². The largest absolute Gasteiger partial charge is 0.505 e. The second-order valence-corrected chi connectivity index (χ2v) is 3.52. The predicted octanol–water partition coefficient (Wildman–Crippen LogP) is 1.75. The van der Waals surface area contributed by atoms with E-state index in [1.807, 2.05) is 0 Å². The molecule has 76 valence electrons. The lowest BCUT2D eigenvalue weighted by Gasteiger charge is -2.11. The van der Waals surface area contributed by atoms with Crippen LogP contribution in [-0.2, 0) is 0 Å². The Balaban J connectivity index is 2.40. The number of aromatic hydroxyl groups is 1. The van der Waals surface area contributed by atoms with E-state index in [2.05, 4.69) is 5.32 Å². The van der Waals surface area contributed by atoms with Crippen molar-refractivity contribution < 1.29 is 13.9 Å². The summed E-state index contributed by atoms with van der Waals surface area (Å²) in [4.78, 5) is 0. The van der Waals surface area contributed by atoms with Gasteiger partial charge in [0, 0.05) is 24.1 Å². The molecular weight excluding hydrogens is 188 g/mol. The third kappa shape index (κ3) is 1.57. The third-order valence-corrected chi connectivity index (χ3v) is 2.56. The van der Waals surface area contributed by atoms with Gasteiger partial charge in [0.15, 0.2) is 11.6 Å². The van der Waals surface area contributed by atoms with E-state index >= 15 is 0 Å². The van der Waals surface area contributed by atoms with E-state index in [0.29, 0.717) is 18.2 Å². The second kappa shape index (κ2) is 3.53. The lowest BCUT2D eigenvalue weighted by atomic mass is 9.97. The zero-order chi connectivity index (χ0) is 10.1. The quantitative estimate of drug-likeness (QED) is 0.722. The molecule has 2 nitrogen and oxygen atoms in total. The molecule has 0 radical (unpaired) electrons. The Bertz CT molecular complexity index is 348. The molecule has 1 heterocycles. The first-order valence-corrected chi connectivity index (χ1v) is 4.57. The minimum atomic E-state index is -0.883. The minimum Gasteiger partial charge on any atom is -0.505 e. The van der Waals surface area contributed by atoms with Crippen LogP contribution >= 0.6 is 0 Å². The molecule has 0 saturated carbocycles. The maximum Gasteiger partial charge on any atom is 0.168 e. The van der Waals surface area contributed by atoms with Gasteiger partial charge in [-0.1, -0.05) is 0 Å². The lowest BCUT2D eigenvalue weighted by molar-refractivity contribution is 0.416. The molecule has 2 N–H and O–H groups in total. The zero-order valence-corrected chi connectivity index (χ0v) is 7.56. The fraction of sp³-hybridized carbons (Fsp3) is 0.400. The molecule has 0 bridgehead atoms. The summed E-state index contributed by atoms with van der Waals surface area (Å²) >= 11 is 0. The van der Waals surface area contributed by atoms with Crippen LogP contribution in [0.2, 0.25) is 0 Å². The van der Waals surface area contributed by atoms with Gasteiger partial charge >= 0.3 is 0 Å². The smallest absolute Gasteiger partial charge is 0.168 e. The van der Waals surface area contributed by atoms with Crippen LogP contribution in [0.1, 0.15) is 17.9 Å². The Hall–Kier alpha value is -1.16. The minimum absolute atomic E-state index is 0.0141. The normalized spacial score (nSPS) is 21.4. The van der Waals surface area contributed by atoms with Crippen molar-refractivity contribution in [3.63, 3.8) is 0 Å². The average Bonchev–Trinajstić information content (AvgIpc) is 2.63. The molecule has 2 rings (SSSR count). The highest BCUT2D eigenvalue weighted by Gasteiger charge is 2.22. The van der Waals surface area contributed by atoms with E-state index in [4.69, 9.17) is 0 Å². The van der Waals surface area contributed by atoms with Gasteiger partial charge in [-0.05, 0) is 19.0 Å². The standard InChI is InChI=1S/C10H11F2NO/c11-7-3-8(6-1-2-13-5-6)10(14)9(12)4-7/h3-4,6,13-14H,1-2,5H2. The first-order valence-electron chi connectivity index (χ1n) is 4.57. The van der Waals surface area contributed by atoms with E-state index in [-0.39, 0.29) is 5.92 Å². The van der Waals surface area contributed by atoms with Crippen LogP contribution < -0.4 is 5.32 Å². The van der Waals surface area contributed by atoms with Gasteiger partial charge in [-0.3, -0.25) is 0 Å². The summed E-state index contributed by atoms with van der Waals surface area (Å²) in [7, 11) is 0. The summed E-state index contributed by atoms with van der Waals surface area (Å²) in [5.74, 6) is -1.92. The van der Waals surface area contributed by atoms with Crippen molar-refractivity contribution in [3.05, 3.63) is 29.3 Å². The Kier molecular flexibility index (Phi) is 2.37. The van der Waals surface area contributed by atoms with Crippen molar-refractivity contribution >= 4 is 0 Å². The van der Waals surface area contributed by atoms with Crippen LogP contribution in [0.25, 0.3) is 0 Å². The van der Waals surface area contributed by atoms with E-state index in [9.17, 15) is 13.9 Å². The van der Waals surface area contributed by atoms with Gasteiger partial charge in [0.1, 0.15) is 5.82 Å². The lowest BCUT2D eigenvalue weighted by Crippen LogP contribution is -2.08. The van der Waals surface area contributed by atoms with E-state index < -0.39 is 17.4 Å². The van der Waals surface area contributed by atoms with Gasteiger partial charge in [-0.2, -0.15) is 0 Å². The van der Waals surface area contributed by atoms with Crippen LogP contribution in [0.5, 0.6) is 5.75 Å². The van der Waals surface area contributed by atoms with Crippen molar-refractivity contribution in [1.29, 1.82) is 0 Å². The van der Waals surface area contributed by atoms with Crippen molar-refractivity contribution in [2.75, 3.05) is 13.1 Å². The van der Waals surface area contributed by atoms with Crippen LogP contribution in [0.4, 0.5) is 8.78 Å². The molecule has 1 saturated heterocycles. The van der Waals surface area contributed by atoms with Gasteiger partial charge < -0.3 is 10.4 Å². The monoisotopic (exact) mass is 199 g/mol. The highest BCUT2D eigenvalue weighted by molar-refractivity contribution is 5.37. The number of phenols is 1. The fourth-order valence-electron chi connectivity index (χ4n) is 1.82. The van der Waals surface area contributed by atoms with E-state index in [1.165, 1.54) is 6.07 Å². The van der Waals surface area contributed by atoms with Crippen LogP contribution in [0, 0.1) is 11.6 Å². The summed E-state index contributed by atoms with van der Waals surface area (Å²) in [6.07, 6.45) is 0.802. The third-order valence-electron chi connectivity index (χ3n) is 2.56. The van der Waals surface area contributed by atoms with Gasteiger partial charge in [0.25, 0.3) is 0 Å². The number of rotatable bonds is 1. The van der Waals surface area contributed by atoms with Gasteiger partial charge in [0.05, 0.1) is 0 Å². The molecule has 4 heteroatoms. The zero-order valence-electron chi connectivity index (χ0n) is 7.56. The van der Waals surface area contributed by atoms with Crippen molar-refractivity contribution in [3.8, 4) is 5.75 Å². The van der Waals surface area contributed by atoms with Crippen molar-refractivity contribution in [2.24, 2.45) is 0 Å². The average molecular weight is 199 g/mol. The summed E-state index contributed by atoms with van der Waals surface area (Å²) in [5, 5.41) is 12.5. The maximum atomic E-state index is 13.0. The predicted molar refractivity (Wildman–Crippen MR) is 48.3 cm³/mol. The van der Waals surface area contributed by atoms with Gasteiger partial charge in [0.2, 0.25) is 0 Å². The molecule has 0 spiro atoms. The molecule has 0 amide bonds. The van der Waals surface area contributed by atoms with Crippen molar-refractivity contribution in [1.82, 2.24) is 5.32 Å². The van der Waals surface area contributed by atoms with Crippen LogP contribution in [0.15, 0.2) is 12.1 Å². The molecule has 14 heavy (non-hydrogen) atoms. The van der Waals surface area contributed by atoms with Gasteiger partial charge in [-0.25, -0.2) is 8.78 Å². The molecular formula is C10H11F2NO. The molecule has 1 fully saturated rings. The van der Waals surface area contributed by atoms with Crippen molar-refractivity contribution in [2.45, 2.75) is 12.3 Å². The maximum absolute atomic E-state index is 13.0. The Morgan fingerprint density at radius 1 is 1.36 bits per heavy atom. The van der Waals surface area contributed by atoms with Gasteiger partial charge in [-0.15, -0.1) is 0 Å². The Morgan fingerprint density at radius 2 is 2.14 bits per heavy atom. The molecule has 1 aromatic carbocycles. The van der Waals surface area contributed by atoms with Crippen LogP contribution in [-0.4, -0.2) is 18.2 Å². The molecule has 0 aliphatic carbocycles. The van der Waals surface area contributed by atoms with E-state index in [0.717, 1.165) is 13.0 Å². The molecule has 1 aliphatic rings. The summed E-state index contributed by atoms with van der Waals surface area (Å²) in [5.41, 5.74) is 0.368. The number of halogens is 2. The first-order chi connectivity index (χ1) is 6.68. The Labute approximate surface area is 80.6 Å². The molecule has 1 unspecified atom stereocenters. The molecule has 1 aliphatic heterocycles. The number of phenolic OH excluding ortho intramolecular Hbond substituents is 1. The number of benzene rings is 1. The SMILES string of the molecule is Oc1c(F)cc(F)cc1C1CCNC1. The fourth-order valence-corrected chi connectivity index (χ4v) is 1.82. The topological polar surface area (TPSA) is 32.3 Å². The molecule has 1 atom stereocenters. The number of hydrogen-bond acceptors (Lipinski definition) is 2. The summed E-state index contributed by atoms with van der Waals surface area (Å²) < 4.78 is 25.9. The second-order valence-electron chi connectivity index (χ2n) is 3.52. The molecule has 0 aromatic heterocycles. The Morgan fingerprint density at radius 3 is 2.79 bits per heavy atom. The first kappa shape index (κ1) is 9.40. The summed E-state index contributed by atoms with van der Waals surface area (Å²) in [6.45, 7) is 1.48. The highest BCUT2D eigenvalue weighted by atomic mass is 19.1. The molecule has 1 aromatic rings. The summed E-state index contributed by atoms with van der Waals surface area (Å²) in [6, 6.07) is 1.90. The number of nitrogens with one attached hydrogen (secondary N) is 1. The van der Waals surface area contributed by atoms with E-state index in [1.54, 1.807) is 0 Å². The highest BCUT2D eigenvalue weighted by Crippen LogP contribution is 2.32.